The van der Waals surface area contributed by atoms with Gasteiger partial charge in [-0.1, -0.05) is 0 Å². The van der Waals surface area contributed by atoms with Crippen molar-refractivity contribution in [1.29, 1.82) is 0 Å². The molecule has 2 aromatic rings. The molecule has 0 spiro atoms. The van der Waals surface area contributed by atoms with Crippen LogP contribution in [-0.2, 0) is 11.9 Å². The van der Waals surface area contributed by atoms with Crippen LogP contribution in [0.1, 0.15) is 49.4 Å². The quantitative estimate of drug-likeness (QED) is 0.288. The summed E-state index contributed by atoms with van der Waals surface area (Å²) in [5.41, 5.74) is 12.3. The molecular weight excluding hydrogens is 621 g/mol. The topological polar surface area (TPSA) is 0 Å². The fourth-order valence-corrected chi connectivity index (χ4v) is 30.4. The first kappa shape index (κ1) is 19.6. The van der Waals surface area contributed by atoms with Gasteiger partial charge in [0.15, 0.2) is 0 Å². The van der Waals surface area contributed by atoms with Crippen LogP contribution in [-0.4, -0.2) is 0 Å². The van der Waals surface area contributed by atoms with Gasteiger partial charge in [0.05, 0.1) is 0 Å². The molecule has 0 nitrogen and oxygen atoms in total. The Hall–Kier alpha value is 0.263. The number of benzene rings is 2. The molecule has 0 atom stereocenters. The number of hydrogen-bond acceptors (Lipinski definition) is 0. The van der Waals surface area contributed by atoms with Crippen molar-refractivity contribution in [1.82, 2.24) is 0 Å². The molecule has 0 aliphatic heterocycles. The average Bonchev–Trinajstić information content (AvgIpc) is 3.06. The maximum absolute atomic E-state index is 2.97. The van der Waals surface area contributed by atoms with Gasteiger partial charge in [-0.2, -0.15) is 0 Å². The second-order valence-electron chi connectivity index (χ2n) is 7.86. The molecule has 0 amide bonds. The van der Waals surface area contributed by atoms with Gasteiger partial charge in [0.2, 0.25) is 0 Å². The van der Waals surface area contributed by atoms with E-state index in [0.29, 0.717) is 3.63 Å². The van der Waals surface area contributed by atoms with E-state index in [0.717, 1.165) is 0 Å². The molecular formula is C23H24I2Zr. The standard InChI is InChI=1S/C13H9.C10H15.2HI.Zr/c1-3-7-12-10(5-1)9-11-6-2-4-8-13(11)12;1-6-7(2)9(4)10(5)8(6)3;;;/h1-9H;1-5H3;2*1H;/q;;;;+2/p-2. The summed E-state index contributed by atoms with van der Waals surface area (Å²) in [6.07, 6.45) is 0. The molecule has 0 heterocycles. The predicted octanol–water partition coefficient (Wildman–Crippen LogP) is 8.48. The Morgan fingerprint density at radius 1 is 0.731 bits per heavy atom. The first-order valence-corrected chi connectivity index (χ1v) is 26.4. The zero-order valence-corrected chi connectivity index (χ0v) is 22.7. The molecule has 26 heavy (non-hydrogen) atoms. The first-order chi connectivity index (χ1) is 12.2. The number of halogens is 2. The van der Waals surface area contributed by atoms with E-state index >= 15 is 0 Å². The van der Waals surface area contributed by atoms with Gasteiger partial charge in [-0.3, -0.25) is 0 Å². The predicted molar refractivity (Wildman–Crippen MR) is 127 cm³/mol. The Balaban J connectivity index is 1.99. The van der Waals surface area contributed by atoms with Crippen molar-refractivity contribution in [3.8, 4) is 11.1 Å². The van der Waals surface area contributed by atoms with Crippen LogP contribution in [0, 0.1) is 0 Å². The zero-order valence-electron chi connectivity index (χ0n) is 16.0. The van der Waals surface area contributed by atoms with Crippen LogP contribution in [0.15, 0.2) is 70.8 Å². The second kappa shape index (κ2) is 6.66. The molecule has 2 aromatic carbocycles. The molecule has 134 valence electrons. The van der Waals surface area contributed by atoms with Crippen molar-refractivity contribution in [2.75, 3.05) is 0 Å². The van der Waals surface area contributed by atoms with E-state index in [-0.39, 0.29) is 3.12 Å². The summed E-state index contributed by atoms with van der Waals surface area (Å²) >= 11 is 3.14. The van der Waals surface area contributed by atoms with Crippen molar-refractivity contribution in [2.24, 2.45) is 0 Å². The van der Waals surface area contributed by atoms with Crippen LogP contribution in [0.2, 0.25) is 3.12 Å². The zero-order chi connectivity index (χ0) is 18.9. The van der Waals surface area contributed by atoms with Crippen molar-refractivity contribution >= 4 is 36.1 Å². The summed E-state index contributed by atoms with van der Waals surface area (Å²) in [7, 11) is 0. The van der Waals surface area contributed by atoms with Gasteiger partial charge in [0.1, 0.15) is 0 Å². The molecule has 0 aromatic heterocycles. The van der Waals surface area contributed by atoms with Crippen molar-refractivity contribution in [2.45, 2.75) is 41.4 Å². The van der Waals surface area contributed by atoms with Gasteiger partial charge in [0.25, 0.3) is 0 Å². The Labute approximate surface area is 180 Å². The number of fused-ring (bicyclic) bond motifs is 3. The summed E-state index contributed by atoms with van der Waals surface area (Å²) < 4.78 is 0.839. The van der Waals surface area contributed by atoms with Crippen molar-refractivity contribution < 1.29 is 11.9 Å². The van der Waals surface area contributed by atoms with Crippen LogP contribution in [0.4, 0.5) is 0 Å². The molecule has 0 radical (unpaired) electrons. The van der Waals surface area contributed by atoms with Gasteiger partial charge in [-0.25, -0.2) is 0 Å². The Bertz CT molecular complexity index is 912. The second-order valence-corrected chi connectivity index (χ2v) is 47.1. The molecule has 0 unspecified atom stereocenters. The SMILES string of the molecule is CC1=C(C)[C](C)([Zr]([I])([I])[CH]2c3ccccc3-c3ccccc32)C(C)=C1C. The van der Waals surface area contributed by atoms with E-state index in [2.05, 4.69) is 119 Å². The van der Waals surface area contributed by atoms with Crippen LogP contribution in [0.5, 0.6) is 0 Å². The number of rotatable bonds is 2. The molecule has 3 heteroatoms. The minimum atomic E-state index is -2.80. The van der Waals surface area contributed by atoms with Crippen LogP contribution >= 0.6 is 36.1 Å². The van der Waals surface area contributed by atoms with E-state index in [1.54, 1.807) is 22.3 Å². The number of hydrogen-bond donors (Lipinski definition) is 0. The van der Waals surface area contributed by atoms with Crippen molar-refractivity contribution in [3.63, 3.8) is 0 Å². The Morgan fingerprint density at radius 3 is 1.54 bits per heavy atom. The molecule has 2 aliphatic carbocycles. The molecule has 0 saturated carbocycles. The van der Waals surface area contributed by atoms with E-state index in [4.69, 9.17) is 0 Å². The summed E-state index contributed by atoms with van der Waals surface area (Å²) in [6.45, 7) is 12.0. The molecule has 0 saturated heterocycles. The molecule has 2 aliphatic rings. The van der Waals surface area contributed by atoms with E-state index < -0.39 is 11.9 Å². The van der Waals surface area contributed by atoms with Crippen molar-refractivity contribution in [3.05, 3.63) is 82.0 Å². The van der Waals surface area contributed by atoms with Crippen LogP contribution in [0.3, 0.4) is 0 Å². The molecule has 0 N–H and O–H groups in total. The summed E-state index contributed by atoms with van der Waals surface area (Å²) in [5, 5.41) is 0. The average molecular weight is 645 g/mol. The van der Waals surface area contributed by atoms with E-state index in [1.807, 2.05) is 0 Å². The van der Waals surface area contributed by atoms with Gasteiger partial charge in [-0.15, -0.1) is 0 Å². The maximum atomic E-state index is 2.97. The third-order valence-corrected chi connectivity index (χ3v) is 35.6. The molecule has 0 bridgehead atoms. The minimum absolute atomic E-state index is 0.249. The van der Waals surface area contributed by atoms with Gasteiger partial charge in [0, 0.05) is 0 Å². The van der Waals surface area contributed by atoms with E-state index in [1.165, 1.54) is 22.3 Å². The summed E-state index contributed by atoms with van der Waals surface area (Å²) in [6, 6.07) is 18.3. The third-order valence-electron chi connectivity index (χ3n) is 7.05. The fourth-order valence-electron chi connectivity index (χ4n) is 4.93. The first-order valence-electron chi connectivity index (χ1n) is 9.15. The normalized spacial score (nSPS) is 19.2. The molecule has 4 rings (SSSR count). The van der Waals surface area contributed by atoms with E-state index in [9.17, 15) is 0 Å². The Kier molecular flexibility index (Phi) is 5.01. The summed E-state index contributed by atoms with van der Waals surface area (Å²) in [4.78, 5) is 0. The molecule has 0 fully saturated rings. The Morgan fingerprint density at radius 2 is 1.12 bits per heavy atom. The van der Waals surface area contributed by atoms with Gasteiger partial charge < -0.3 is 0 Å². The third kappa shape index (κ3) is 2.45. The summed E-state index contributed by atoms with van der Waals surface area (Å²) in [5.74, 6) is 0. The van der Waals surface area contributed by atoms with Crippen LogP contribution in [0.25, 0.3) is 11.1 Å². The van der Waals surface area contributed by atoms with Gasteiger partial charge >= 0.3 is 182 Å². The number of allylic oxidation sites excluding steroid dienone is 4. The van der Waals surface area contributed by atoms with Crippen LogP contribution < -0.4 is 0 Å². The fraction of sp³-hybridized carbons (Fsp3) is 0.304. The monoisotopic (exact) mass is 644 g/mol. The van der Waals surface area contributed by atoms with Gasteiger partial charge in [-0.05, 0) is 0 Å².